The zero-order chi connectivity index (χ0) is 33.9. The minimum Gasteiger partial charge on any atom is -0.480 e. The fourth-order valence-corrected chi connectivity index (χ4v) is 7.20. The first kappa shape index (κ1) is 32.6. The Morgan fingerprint density at radius 3 is 2.21 bits per heavy atom. The molecule has 7 nitrogen and oxygen atoms in total. The van der Waals surface area contributed by atoms with Crippen molar-refractivity contribution in [3.63, 3.8) is 0 Å². The number of pyridine rings is 1. The molecule has 1 aliphatic heterocycles. The van der Waals surface area contributed by atoms with Gasteiger partial charge in [0.15, 0.2) is 0 Å². The second kappa shape index (κ2) is 11.7. The maximum atomic E-state index is 14.6. The Hall–Kier alpha value is -4.32. The number of nitrogens with zero attached hydrogens (tertiary/aromatic N) is 2. The molecule has 1 atom stereocenters. The van der Waals surface area contributed by atoms with E-state index >= 15 is 0 Å². The van der Waals surface area contributed by atoms with E-state index in [1.165, 1.54) is 41.9 Å². The fourth-order valence-electron chi connectivity index (χ4n) is 7.20. The number of halogens is 5. The molecular formula is C35H34F5N3O4. The van der Waals surface area contributed by atoms with Crippen LogP contribution >= 0.6 is 0 Å². The molecule has 47 heavy (non-hydrogen) atoms. The molecule has 0 spiro atoms. The Morgan fingerprint density at radius 1 is 0.957 bits per heavy atom. The molecule has 2 N–H and O–H groups in total. The summed E-state index contributed by atoms with van der Waals surface area (Å²) in [6.07, 6.45) is -3.10. The molecule has 4 aromatic rings. The van der Waals surface area contributed by atoms with Gasteiger partial charge in [-0.3, -0.25) is 14.5 Å². The Bertz CT molecular complexity index is 1940. The zero-order valence-electron chi connectivity index (χ0n) is 25.8. The third-order valence-electron chi connectivity index (χ3n) is 9.89. The molecular weight excluding hydrogens is 621 g/mol. The van der Waals surface area contributed by atoms with Crippen molar-refractivity contribution >= 4 is 33.6 Å². The van der Waals surface area contributed by atoms with Crippen LogP contribution in [0.3, 0.4) is 0 Å². The highest BCUT2D eigenvalue weighted by Gasteiger charge is 2.49. The molecule has 1 saturated carbocycles. The van der Waals surface area contributed by atoms with Crippen LogP contribution in [0.2, 0.25) is 0 Å². The number of carboxylic acids is 1. The molecule has 0 bridgehead atoms. The standard InChI is InChI=1S/C35H34F5N3O4/c1-33(15-13-21(14-16-33)43-18-34(36,37)19-43)32(47)41-26(31(45)46)17-20-7-5-10-23-22(20)9-6-11-24(23)28-29(35(38,39)40)25-8-3-4-12-27(25)42(2)30(28)44/h3-12,21,26H,13-19H2,1-2H3,(H,41,47)(H,45,46)/t21?,26-,33?/m0/s1. The Kier molecular flexibility index (Phi) is 8.14. The monoisotopic (exact) mass is 655 g/mol. The van der Waals surface area contributed by atoms with Gasteiger partial charge in [0.1, 0.15) is 6.04 Å². The van der Waals surface area contributed by atoms with Gasteiger partial charge in [-0.1, -0.05) is 61.5 Å². The van der Waals surface area contributed by atoms with Crippen LogP contribution in [0.15, 0.2) is 65.5 Å². The highest BCUT2D eigenvalue weighted by molar-refractivity contribution is 6.02. The predicted molar refractivity (Wildman–Crippen MR) is 167 cm³/mol. The molecule has 1 amide bonds. The summed E-state index contributed by atoms with van der Waals surface area (Å²) in [5.74, 6) is -4.41. The van der Waals surface area contributed by atoms with Gasteiger partial charge in [0.05, 0.1) is 29.7 Å². The molecule has 1 aromatic heterocycles. The summed E-state index contributed by atoms with van der Waals surface area (Å²) in [5.41, 5.74) is -2.59. The van der Waals surface area contributed by atoms with Crippen LogP contribution < -0.4 is 10.9 Å². The lowest BCUT2D eigenvalue weighted by atomic mass is 9.72. The van der Waals surface area contributed by atoms with Crippen molar-refractivity contribution in [2.45, 2.75) is 63.2 Å². The van der Waals surface area contributed by atoms with Crippen molar-refractivity contribution in [1.82, 2.24) is 14.8 Å². The van der Waals surface area contributed by atoms with Crippen LogP contribution in [0.4, 0.5) is 22.0 Å². The predicted octanol–water partition coefficient (Wildman–Crippen LogP) is 6.39. The van der Waals surface area contributed by atoms with Gasteiger partial charge in [0.2, 0.25) is 5.91 Å². The van der Waals surface area contributed by atoms with E-state index in [1.807, 2.05) is 0 Å². The van der Waals surface area contributed by atoms with E-state index in [2.05, 4.69) is 5.32 Å². The number of likely N-dealkylation sites (tertiary alicyclic amines) is 1. The van der Waals surface area contributed by atoms with Crippen LogP contribution in [0, 0.1) is 5.41 Å². The summed E-state index contributed by atoms with van der Waals surface area (Å²) >= 11 is 0. The number of aryl methyl sites for hydroxylation is 1. The Labute approximate surface area is 267 Å². The summed E-state index contributed by atoms with van der Waals surface area (Å²) in [4.78, 5) is 41.1. The van der Waals surface area contributed by atoms with Crippen molar-refractivity contribution in [2.24, 2.45) is 12.5 Å². The summed E-state index contributed by atoms with van der Waals surface area (Å²) in [7, 11) is 1.42. The van der Waals surface area contributed by atoms with Gasteiger partial charge in [0.25, 0.3) is 11.5 Å². The van der Waals surface area contributed by atoms with Crippen LogP contribution in [-0.4, -0.2) is 57.5 Å². The first-order valence-corrected chi connectivity index (χ1v) is 15.5. The molecule has 1 aliphatic carbocycles. The molecule has 6 rings (SSSR count). The number of aromatic nitrogens is 1. The van der Waals surface area contributed by atoms with Crippen molar-refractivity contribution in [3.8, 4) is 11.1 Å². The van der Waals surface area contributed by atoms with Gasteiger partial charge < -0.3 is 15.0 Å². The van der Waals surface area contributed by atoms with Gasteiger partial charge in [0, 0.05) is 30.3 Å². The maximum Gasteiger partial charge on any atom is 0.417 e. The third-order valence-corrected chi connectivity index (χ3v) is 9.89. The minimum absolute atomic E-state index is 0.0482. The third kappa shape index (κ3) is 5.99. The van der Waals surface area contributed by atoms with Gasteiger partial charge in [-0.2, -0.15) is 13.2 Å². The largest absolute Gasteiger partial charge is 0.480 e. The lowest BCUT2D eigenvalue weighted by Gasteiger charge is -2.47. The van der Waals surface area contributed by atoms with E-state index < -0.39 is 52.1 Å². The minimum atomic E-state index is -4.85. The van der Waals surface area contributed by atoms with Gasteiger partial charge in [-0.05, 0) is 53.6 Å². The van der Waals surface area contributed by atoms with Crippen molar-refractivity contribution in [3.05, 3.63) is 82.1 Å². The highest BCUT2D eigenvalue weighted by Crippen LogP contribution is 2.43. The van der Waals surface area contributed by atoms with Gasteiger partial charge in [-0.25, -0.2) is 13.6 Å². The second-order valence-electron chi connectivity index (χ2n) is 13.1. The summed E-state index contributed by atoms with van der Waals surface area (Å²) in [5, 5.41) is 13.4. The average Bonchev–Trinajstić information content (AvgIpc) is 3.00. The molecule has 3 aromatic carbocycles. The number of fused-ring (bicyclic) bond motifs is 2. The lowest BCUT2D eigenvalue weighted by molar-refractivity contribution is -0.156. The summed E-state index contributed by atoms with van der Waals surface area (Å²) in [6, 6.07) is 13.9. The quantitative estimate of drug-likeness (QED) is 0.225. The molecule has 1 saturated heterocycles. The van der Waals surface area contributed by atoms with Gasteiger partial charge in [-0.15, -0.1) is 0 Å². The van der Waals surface area contributed by atoms with Crippen LogP contribution in [0.1, 0.15) is 43.7 Å². The number of nitrogens with one attached hydrogen (secondary N) is 1. The van der Waals surface area contributed by atoms with E-state index in [0.29, 0.717) is 42.0 Å². The number of hydrogen-bond donors (Lipinski definition) is 2. The van der Waals surface area contributed by atoms with E-state index in [9.17, 15) is 41.4 Å². The molecule has 0 unspecified atom stereocenters. The number of carbonyl (C=O) groups is 2. The van der Waals surface area contributed by atoms with Gasteiger partial charge >= 0.3 is 12.1 Å². The van der Waals surface area contributed by atoms with E-state index in [0.717, 1.165) is 0 Å². The molecule has 2 fully saturated rings. The molecule has 248 valence electrons. The number of hydrogen-bond acceptors (Lipinski definition) is 4. The van der Waals surface area contributed by atoms with Crippen LogP contribution in [0.25, 0.3) is 32.8 Å². The number of aliphatic carboxylic acids is 1. The van der Waals surface area contributed by atoms with Crippen molar-refractivity contribution in [1.29, 1.82) is 0 Å². The van der Waals surface area contributed by atoms with E-state index in [-0.39, 0.29) is 42.0 Å². The number of benzene rings is 3. The SMILES string of the molecule is Cn1c(=O)c(-c2cccc3c(C[C@H](NC(=O)C4(C)CCC(N5CC(F)(F)C5)CC4)C(=O)O)cccc23)c(C(F)(F)F)c2ccccc21. The summed E-state index contributed by atoms with van der Waals surface area (Å²) in [6.45, 7) is 1.16. The molecule has 0 radical (unpaired) electrons. The van der Waals surface area contributed by atoms with E-state index in [4.69, 9.17) is 0 Å². The van der Waals surface area contributed by atoms with Crippen LogP contribution in [0.5, 0.6) is 0 Å². The number of carboxylic acid groups (broad SMARTS) is 1. The zero-order valence-corrected chi connectivity index (χ0v) is 25.8. The lowest BCUT2D eigenvalue weighted by Crippen LogP contribution is -2.61. The Morgan fingerprint density at radius 2 is 1.57 bits per heavy atom. The average molecular weight is 656 g/mol. The molecule has 2 heterocycles. The normalized spacial score (nSPS) is 22.1. The number of alkyl halides is 5. The Balaban J connectivity index is 1.31. The molecule has 12 heteroatoms. The molecule has 2 aliphatic rings. The summed E-state index contributed by atoms with van der Waals surface area (Å²) < 4.78 is 71.9. The van der Waals surface area contributed by atoms with Crippen LogP contribution in [-0.2, 0) is 29.2 Å². The van der Waals surface area contributed by atoms with E-state index in [1.54, 1.807) is 42.2 Å². The number of para-hydroxylation sites is 1. The van der Waals surface area contributed by atoms with Crippen molar-refractivity contribution in [2.75, 3.05) is 13.1 Å². The second-order valence-corrected chi connectivity index (χ2v) is 13.1. The fraction of sp³-hybridized carbons (Fsp3) is 0.400. The van der Waals surface area contributed by atoms with Crippen molar-refractivity contribution < 1.29 is 36.6 Å². The highest BCUT2D eigenvalue weighted by atomic mass is 19.4. The topological polar surface area (TPSA) is 91.6 Å². The smallest absolute Gasteiger partial charge is 0.417 e. The maximum absolute atomic E-state index is 14.6. The number of rotatable bonds is 7. The first-order valence-electron chi connectivity index (χ1n) is 15.5. The first-order chi connectivity index (χ1) is 22.1. The number of carbonyl (C=O) groups excluding carboxylic acids is 1. The number of amides is 1.